The molecule has 1 aliphatic rings. The molecule has 0 unspecified atom stereocenters. The van der Waals surface area contributed by atoms with E-state index in [1.807, 2.05) is 12.3 Å². The number of hydrogen-bond donors (Lipinski definition) is 1. The van der Waals surface area contributed by atoms with E-state index in [4.69, 9.17) is 11.6 Å². The van der Waals surface area contributed by atoms with E-state index >= 15 is 0 Å². The third-order valence-corrected chi connectivity index (χ3v) is 3.84. The topological polar surface area (TPSA) is 24.9 Å². The van der Waals surface area contributed by atoms with Gasteiger partial charge in [0.2, 0.25) is 0 Å². The molecule has 1 aliphatic carbocycles. The molecular weight excluding hydrogens is 232 g/mol. The Morgan fingerprint density at radius 2 is 2.00 bits per heavy atom. The minimum absolute atomic E-state index is 0.572. The molecule has 0 bridgehead atoms. The summed E-state index contributed by atoms with van der Waals surface area (Å²) >= 11 is 5.85. The molecule has 2 nitrogen and oxygen atoms in total. The summed E-state index contributed by atoms with van der Waals surface area (Å²) in [7, 11) is 0. The summed E-state index contributed by atoms with van der Waals surface area (Å²) in [5.74, 6) is 0.826. The molecule has 2 rings (SSSR count). The van der Waals surface area contributed by atoms with Crippen molar-refractivity contribution in [3.8, 4) is 0 Å². The number of halogens is 1. The van der Waals surface area contributed by atoms with Gasteiger partial charge in [0, 0.05) is 6.54 Å². The molecule has 0 aromatic carbocycles. The molecule has 0 radical (unpaired) electrons. The van der Waals surface area contributed by atoms with Crippen molar-refractivity contribution < 1.29 is 0 Å². The maximum Gasteiger partial charge on any atom is 0.129 e. The highest BCUT2D eigenvalue weighted by atomic mass is 35.5. The third-order valence-electron chi connectivity index (χ3n) is 3.63. The highest BCUT2D eigenvalue weighted by Gasteiger charge is 2.12. The van der Waals surface area contributed by atoms with Crippen molar-refractivity contribution in [3.05, 3.63) is 23.0 Å². The highest BCUT2D eigenvalue weighted by Crippen LogP contribution is 2.24. The molecule has 1 fully saturated rings. The van der Waals surface area contributed by atoms with E-state index in [2.05, 4.69) is 17.2 Å². The second-order valence-corrected chi connectivity index (χ2v) is 5.45. The normalized spacial score (nSPS) is 17.8. The second kappa shape index (κ2) is 6.25. The van der Waals surface area contributed by atoms with Crippen molar-refractivity contribution in [2.45, 2.75) is 45.4 Å². The predicted molar refractivity (Wildman–Crippen MR) is 73.7 cm³/mol. The van der Waals surface area contributed by atoms with Crippen LogP contribution in [0.2, 0.25) is 5.15 Å². The second-order valence-electron chi connectivity index (χ2n) is 5.06. The van der Waals surface area contributed by atoms with Crippen molar-refractivity contribution in [2.75, 3.05) is 11.9 Å². The Bertz CT molecular complexity index is 357. The van der Waals surface area contributed by atoms with Crippen molar-refractivity contribution >= 4 is 17.3 Å². The Morgan fingerprint density at radius 3 is 2.65 bits per heavy atom. The van der Waals surface area contributed by atoms with Crippen LogP contribution in [0.15, 0.2) is 12.3 Å². The fourth-order valence-corrected chi connectivity index (χ4v) is 2.74. The molecule has 0 spiro atoms. The number of aromatic nitrogens is 1. The van der Waals surface area contributed by atoms with Crippen molar-refractivity contribution in [3.63, 3.8) is 0 Å². The quantitative estimate of drug-likeness (QED) is 0.636. The van der Waals surface area contributed by atoms with Gasteiger partial charge in [-0.3, -0.25) is 0 Å². The summed E-state index contributed by atoms with van der Waals surface area (Å²) in [5.41, 5.74) is 2.30. The maximum absolute atomic E-state index is 5.85. The smallest absolute Gasteiger partial charge is 0.129 e. The van der Waals surface area contributed by atoms with Crippen LogP contribution in [-0.2, 0) is 0 Å². The van der Waals surface area contributed by atoms with E-state index in [0.717, 1.165) is 18.2 Å². The zero-order chi connectivity index (χ0) is 12.1. The molecule has 0 saturated heterocycles. The summed E-state index contributed by atoms with van der Waals surface area (Å²) in [6.07, 6.45) is 10.2. The molecule has 0 aliphatic heterocycles. The molecule has 0 atom stereocenters. The molecule has 1 heterocycles. The minimum atomic E-state index is 0.572. The van der Waals surface area contributed by atoms with E-state index in [9.17, 15) is 0 Å². The monoisotopic (exact) mass is 252 g/mol. The Balaban J connectivity index is 1.88. The lowest BCUT2D eigenvalue weighted by molar-refractivity contribution is 0.483. The van der Waals surface area contributed by atoms with Crippen LogP contribution in [0, 0.1) is 12.8 Å². The van der Waals surface area contributed by atoms with Crippen LogP contribution >= 0.6 is 11.6 Å². The van der Waals surface area contributed by atoms with Crippen LogP contribution in [-0.4, -0.2) is 11.5 Å². The first-order chi connectivity index (χ1) is 8.25. The average molecular weight is 253 g/mol. The number of nitrogens with zero attached hydrogens (tertiary/aromatic N) is 1. The molecular formula is C14H21ClN2. The van der Waals surface area contributed by atoms with E-state index < -0.39 is 0 Å². The van der Waals surface area contributed by atoms with Crippen molar-refractivity contribution in [1.29, 1.82) is 0 Å². The summed E-state index contributed by atoms with van der Waals surface area (Å²) < 4.78 is 0. The fourth-order valence-electron chi connectivity index (χ4n) is 2.53. The third kappa shape index (κ3) is 3.88. The minimum Gasteiger partial charge on any atom is -0.383 e. The van der Waals surface area contributed by atoms with Gasteiger partial charge >= 0.3 is 0 Å². The number of aryl methyl sites for hydroxylation is 1. The summed E-state index contributed by atoms with van der Waals surface area (Å²) in [5, 5.41) is 4.09. The first kappa shape index (κ1) is 12.7. The SMILES string of the molecule is Cc1cc(Cl)ncc1NCC1CCCCCC1. The lowest BCUT2D eigenvalue weighted by atomic mass is 10.0. The number of hydrogen-bond acceptors (Lipinski definition) is 2. The lowest BCUT2D eigenvalue weighted by Gasteiger charge is -2.16. The molecule has 0 amide bonds. The van der Waals surface area contributed by atoms with Crippen molar-refractivity contribution in [2.24, 2.45) is 5.92 Å². The van der Waals surface area contributed by atoms with Gasteiger partial charge < -0.3 is 5.32 Å². The van der Waals surface area contributed by atoms with Gasteiger partial charge in [-0.25, -0.2) is 4.98 Å². The van der Waals surface area contributed by atoms with Gasteiger partial charge in [0.15, 0.2) is 0 Å². The Labute approximate surface area is 109 Å². The van der Waals surface area contributed by atoms with E-state index in [1.54, 1.807) is 0 Å². The first-order valence-corrected chi connectivity index (χ1v) is 6.99. The first-order valence-electron chi connectivity index (χ1n) is 6.62. The molecule has 1 aromatic heterocycles. The standard InChI is InChI=1S/C14H21ClN2/c1-11-8-14(15)17-10-13(11)16-9-12-6-4-2-3-5-7-12/h8,10,12,16H,2-7,9H2,1H3. The zero-order valence-corrected chi connectivity index (χ0v) is 11.3. The van der Waals surface area contributed by atoms with Crippen molar-refractivity contribution in [1.82, 2.24) is 4.98 Å². The summed E-state index contributed by atoms with van der Waals surface area (Å²) in [6.45, 7) is 3.15. The van der Waals surface area contributed by atoms with Crippen LogP contribution in [0.5, 0.6) is 0 Å². The number of anilines is 1. The van der Waals surface area contributed by atoms with Crippen LogP contribution < -0.4 is 5.32 Å². The van der Waals surface area contributed by atoms with Gasteiger partial charge in [0.05, 0.1) is 11.9 Å². The van der Waals surface area contributed by atoms with E-state index in [-0.39, 0.29) is 0 Å². The van der Waals surface area contributed by atoms with Crippen LogP contribution in [0.1, 0.15) is 44.1 Å². The molecule has 1 aromatic rings. The molecule has 1 N–H and O–H groups in total. The molecule has 1 saturated carbocycles. The Morgan fingerprint density at radius 1 is 1.29 bits per heavy atom. The van der Waals surface area contributed by atoms with Crippen LogP contribution in [0.3, 0.4) is 0 Å². The summed E-state index contributed by atoms with van der Waals surface area (Å²) in [6, 6.07) is 1.91. The number of nitrogens with one attached hydrogen (secondary N) is 1. The highest BCUT2D eigenvalue weighted by molar-refractivity contribution is 6.29. The molecule has 17 heavy (non-hydrogen) atoms. The Hall–Kier alpha value is -0.760. The fraction of sp³-hybridized carbons (Fsp3) is 0.643. The van der Waals surface area contributed by atoms with Gasteiger partial charge in [0.25, 0.3) is 0 Å². The summed E-state index contributed by atoms with van der Waals surface area (Å²) in [4.78, 5) is 4.13. The van der Waals surface area contributed by atoms with E-state index in [1.165, 1.54) is 44.1 Å². The largest absolute Gasteiger partial charge is 0.383 e. The number of rotatable bonds is 3. The lowest BCUT2D eigenvalue weighted by Crippen LogP contribution is -2.14. The van der Waals surface area contributed by atoms with Crippen LogP contribution in [0.4, 0.5) is 5.69 Å². The average Bonchev–Trinajstić information content (AvgIpc) is 2.56. The zero-order valence-electron chi connectivity index (χ0n) is 10.5. The van der Waals surface area contributed by atoms with Gasteiger partial charge in [-0.05, 0) is 37.3 Å². The molecule has 3 heteroatoms. The van der Waals surface area contributed by atoms with E-state index in [0.29, 0.717) is 5.15 Å². The predicted octanol–water partition coefficient (Wildman–Crippen LogP) is 4.43. The van der Waals surface area contributed by atoms with Gasteiger partial charge in [-0.15, -0.1) is 0 Å². The van der Waals surface area contributed by atoms with Gasteiger partial charge in [-0.2, -0.15) is 0 Å². The van der Waals surface area contributed by atoms with Gasteiger partial charge in [0.1, 0.15) is 5.15 Å². The number of pyridine rings is 1. The van der Waals surface area contributed by atoms with Crippen LogP contribution in [0.25, 0.3) is 0 Å². The maximum atomic E-state index is 5.85. The molecule has 94 valence electrons. The van der Waals surface area contributed by atoms with Gasteiger partial charge in [-0.1, -0.05) is 37.3 Å². The Kier molecular flexibility index (Phi) is 4.66.